The first kappa shape index (κ1) is 13.1. The van der Waals surface area contributed by atoms with Crippen LogP contribution in [0.25, 0.3) is 11.1 Å². The molecule has 5 nitrogen and oxygen atoms in total. The maximum Gasteiger partial charge on any atom is 0.354 e. The highest BCUT2D eigenvalue weighted by Crippen LogP contribution is 2.32. The summed E-state index contributed by atoms with van der Waals surface area (Å²) >= 11 is 0. The molecule has 0 saturated heterocycles. The van der Waals surface area contributed by atoms with Crippen LogP contribution in [0.5, 0.6) is 5.75 Å². The molecule has 1 heterocycles. The predicted octanol–water partition coefficient (Wildman–Crippen LogP) is 2.57. The van der Waals surface area contributed by atoms with E-state index in [9.17, 15) is 9.90 Å². The third-order valence-electron chi connectivity index (χ3n) is 2.68. The monoisotopic (exact) mass is 260 g/mol. The summed E-state index contributed by atoms with van der Waals surface area (Å²) in [5.41, 5.74) is 1.45. The van der Waals surface area contributed by atoms with E-state index in [1.54, 1.807) is 13.2 Å². The summed E-state index contributed by atoms with van der Waals surface area (Å²) in [5, 5.41) is 13.3. The molecule has 0 unspecified atom stereocenters. The van der Waals surface area contributed by atoms with Gasteiger partial charge in [-0.1, -0.05) is 18.2 Å². The second kappa shape index (κ2) is 5.14. The molecule has 0 aliphatic heterocycles. The number of aryl methyl sites for hydroxylation is 1. The lowest BCUT2D eigenvalue weighted by atomic mass is 10.1. The molecule has 2 rings (SSSR count). The van der Waals surface area contributed by atoms with E-state index in [1.807, 2.05) is 38.1 Å². The van der Waals surface area contributed by atoms with Crippen molar-refractivity contribution in [2.45, 2.75) is 20.0 Å². The van der Waals surface area contributed by atoms with Crippen LogP contribution in [0.3, 0.4) is 0 Å². The van der Waals surface area contributed by atoms with Gasteiger partial charge in [0.25, 0.3) is 0 Å². The van der Waals surface area contributed by atoms with E-state index < -0.39 is 5.97 Å². The summed E-state index contributed by atoms with van der Waals surface area (Å²) in [7, 11) is 1.61. The van der Waals surface area contributed by atoms with E-state index in [0.29, 0.717) is 11.3 Å². The van der Waals surface area contributed by atoms with E-state index >= 15 is 0 Å². The Morgan fingerprint density at radius 2 is 2.00 bits per heavy atom. The van der Waals surface area contributed by atoms with Gasteiger partial charge < -0.3 is 9.84 Å². The highest BCUT2D eigenvalue weighted by Gasteiger charge is 2.19. The van der Waals surface area contributed by atoms with Crippen LogP contribution in [-0.4, -0.2) is 27.0 Å². The molecule has 100 valence electrons. The van der Waals surface area contributed by atoms with Gasteiger partial charge >= 0.3 is 5.97 Å². The fourth-order valence-electron chi connectivity index (χ4n) is 1.93. The maximum atomic E-state index is 11.3. The Morgan fingerprint density at radius 3 is 2.63 bits per heavy atom. The van der Waals surface area contributed by atoms with Crippen molar-refractivity contribution in [3.05, 3.63) is 36.2 Å². The first-order valence-electron chi connectivity index (χ1n) is 6.02. The van der Waals surface area contributed by atoms with Gasteiger partial charge in [0, 0.05) is 18.2 Å². The Bertz CT molecular complexity index is 602. The largest absolute Gasteiger partial charge is 0.490 e. The van der Waals surface area contributed by atoms with E-state index in [-0.39, 0.29) is 11.8 Å². The normalized spacial score (nSPS) is 10.7. The molecule has 0 atom stereocenters. The van der Waals surface area contributed by atoms with Gasteiger partial charge in [-0.3, -0.25) is 4.68 Å². The number of rotatable bonds is 4. The standard InChI is InChI=1S/C14H16N2O3/c1-9(2)19-12-7-5-4-6-10(12)11-8-15-16(3)13(11)14(17)18/h4-9H,1-3H3,(H,17,18). The fraction of sp³-hybridized carbons (Fsp3) is 0.286. The SMILES string of the molecule is CC(C)Oc1ccccc1-c1cnn(C)c1C(=O)O. The quantitative estimate of drug-likeness (QED) is 0.917. The van der Waals surface area contributed by atoms with Gasteiger partial charge in [0.2, 0.25) is 0 Å². The van der Waals surface area contributed by atoms with Crippen LogP contribution in [-0.2, 0) is 7.05 Å². The van der Waals surface area contributed by atoms with Crippen LogP contribution in [0.1, 0.15) is 24.3 Å². The Labute approximate surface area is 111 Å². The summed E-state index contributed by atoms with van der Waals surface area (Å²) in [6, 6.07) is 7.37. The minimum Gasteiger partial charge on any atom is -0.490 e. The van der Waals surface area contributed by atoms with Gasteiger partial charge in [0.05, 0.1) is 12.3 Å². The molecule has 0 spiro atoms. The lowest BCUT2D eigenvalue weighted by molar-refractivity contribution is 0.0686. The lowest BCUT2D eigenvalue weighted by Gasteiger charge is -2.13. The molecule has 0 amide bonds. The first-order valence-corrected chi connectivity index (χ1v) is 6.02. The number of ether oxygens (including phenoxy) is 1. The molecule has 5 heteroatoms. The van der Waals surface area contributed by atoms with Crippen LogP contribution in [0, 0.1) is 0 Å². The van der Waals surface area contributed by atoms with Crippen molar-refractivity contribution < 1.29 is 14.6 Å². The summed E-state index contributed by atoms with van der Waals surface area (Å²) in [6.45, 7) is 3.86. The van der Waals surface area contributed by atoms with Crippen LogP contribution >= 0.6 is 0 Å². The van der Waals surface area contributed by atoms with Gasteiger partial charge in [-0.25, -0.2) is 4.79 Å². The number of carboxylic acids is 1. The Hall–Kier alpha value is -2.30. The molecule has 0 saturated carbocycles. The second-order valence-corrected chi connectivity index (χ2v) is 4.50. The van der Waals surface area contributed by atoms with E-state index in [4.69, 9.17) is 4.74 Å². The topological polar surface area (TPSA) is 64.4 Å². The zero-order valence-corrected chi connectivity index (χ0v) is 11.1. The number of benzene rings is 1. The average molecular weight is 260 g/mol. The number of carboxylic acid groups (broad SMARTS) is 1. The van der Waals surface area contributed by atoms with E-state index in [0.717, 1.165) is 5.56 Å². The smallest absolute Gasteiger partial charge is 0.354 e. The molecule has 0 fully saturated rings. The van der Waals surface area contributed by atoms with Crippen LogP contribution < -0.4 is 4.74 Å². The molecular weight excluding hydrogens is 244 g/mol. The van der Waals surface area contributed by atoms with Crippen molar-refractivity contribution in [2.24, 2.45) is 7.05 Å². The summed E-state index contributed by atoms with van der Waals surface area (Å²) in [5.74, 6) is -0.345. The predicted molar refractivity (Wildman–Crippen MR) is 71.4 cm³/mol. The Kier molecular flexibility index (Phi) is 3.55. The number of aromatic nitrogens is 2. The number of aromatic carboxylic acids is 1. The van der Waals surface area contributed by atoms with Crippen molar-refractivity contribution in [1.82, 2.24) is 9.78 Å². The minimum absolute atomic E-state index is 0.0195. The van der Waals surface area contributed by atoms with Gasteiger partial charge in [-0.05, 0) is 19.9 Å². The number of para-hydroxylation sites is 1. The van der Waals surface area contributed by atoms with Crippen LogP contribution in [0.4, 0.5) is 0 Å². The molecule has 0 aliphatic rings. The molecule has 0 bridgehead atoms. The van der Waals surface area contributed by atoms with E-state index in [1.165, 1.54) is 4.68 Å². The number of hydrogen-bond donors (Lipinski definition) is 1. The molecule has 1 N–H and O–H groups in total. The van der Waals surface area contributed by atoms with Crippen molar-refractivity contribution in [1.29, 1.82) is 0 Å². The van der Waals surface area contributed by atoms with Crippen molar-refractivity contribution >= 4 is 5.97 Å². The van der Waals surface area contributed by atoms with Crippen molar-refractivity contribution in [2.75, 3.05) is 0 Å². The molecule has 0 aliphatic carbocycles. The molecule has 0 radical (unpaired) electrons. The van der Waals surface area contributed by atoms with Gasteiger partial charge in [-0.2, -0.15) is 5.10 Å². The first-order chi connectivity index (χ1) is 9.00. The molecule has 2 aromatic rings. The highest BCUT2D eigenvalue weighted by molar-refractivity contribution is 5.95. The van der Waals surface area contributed by atoms with Crippen molar-refractivity contribution in [3.63, 3.8) is 0 Å². The lowest BCUT2D eigenvalue weighted by Crippen LogP contribution is -2.09. The maximum absolute atomic E-state index is 11.3. The number of hydrogen-bond acceptors (Lipinski definition) is 3. The van der Waals surface area contributed by atoms with Crippen LogP contribution in [0.2, 0.25) is 0 Å². The van der Waals surface area contributed by atoms with Crippen LogP contribution in [0.15, 0.2) is 30.5 Å². The van der Waals surface area contributed by atoms with Crippen molar-refractivity contribution in [3.8, 4) is 16.9 Å². The zero-order valence-electron chi connectivity index (χ0n) is 11.1. The highest BCUT2D eigenvalue weighted by atomic mass is 16.5. The summed E-state index contributed by atoms with van der Waals surface area (Å²) in [6.07, 6.45) is 1.57. The Balaban J connectivity index is 2.56. The van der Waals surface area contributed by atoms with Gasteiger partial charge in [0.1, 0.15) is 5.75 Å². The number of carbonyl (C=O) groups is 1. The van der Waals surface area contributed by atoms with Gasteiger partial charge in [-0.15, -0.1) is 0 Å². The average Bonchev–Trinajstić information content (AvgIpc) is 2.71. The molecule has 1 aromatic heterocycles. The summed E-state index contributed by atoms with van der Waals surface area (Å²) in [4.78, 5) is 11.3. The summed E-state index contributed by atoms with van der Waals surface area (Å²) < 4.78 is 7.06. The Morgan fingerprint density at radius 1 is 1.32 bits per heavy atom. The third kappa shape index (κ3) is 2.59. The zero-order chi connectivity index (χ0) is 14.0. The fourth-order valence-corrected chi connectivity index (χ4v) is 1.93. The minimum atomic E-state index is -1.01. The molecular formula is C14H16N2O3. The number of nitrogens with zero attached hydrogens (tertiary/aromatic N) is 2. The van der Waals surface area contributed by atoms with E-state index in [2.05, 4.69) is 5.10 Å². The third-order valence-corrected chi connectivity index (χ3v) is 2.68. The second-order valence-electron chi connectivity index (χ2n) is 4.50. The van der Waals surface area contributed by atoms with Gasteiger partial charge in [0.15, 0.2) is 5.69 Å². The molecule has 19 heavy (non-hydrogen) atoms. The molecule has 1 aromatic carbocycles.